The Bertz CT molecular complexity index is 585. The van der Waals surface area contributed by atoms with E-state index in [4.69, 9.17) is 0 Å². The van der Waals surface area contributed by atoms with Crippen molar-refractivity contribution in [3.05, 3.63) is 52.9 Å². The molecule has 94 valence electrons. The van der Waals surface area contributed by atoms with Gasteiger partial charge in [0.2, 0.25) is 0 Å². The van der Waals surface area contributed by atoms with Crippen molar-refractivity contribution in [1.29, 1.82) is 0 Å². The summed E-state index contributed by atoms with van der Waals surface area (Å²) < 4.78 is 28.2. The third-order valence-electron chi connectivity index (χ3n) is 2.69. The molecule has 0 unspecified atom stereocenters. The zero-order valence-corrected chi connectivity index (χ0v) is 10.1. The van der Waals surface area contributed by atoms with Crippen molar-refractivity contribution in [1.82, 2.24) is 9.78 Å². The van der Waals surface area contributed by atoms with Crippen LogP contribution >= 0.6 is 0 Å². The Morgan fingerprint density at radius 3 is 2.44 bits per heavy atom. The van der Waals surface area contributed by atoms with Crippen molar-refractivity contribution in [2.75, 3.05) is 0 Å². The molecule has 0 bridgehead atoms. The molecule has 0 N–H and O–H groups in total. The molecular weight excluding hydrogens is 238 g/mol. The fraction of sp³-hybridized carbons (Fsp3) is 0.231. The molecule has 0 radical (unpaired) electrons. The predicted molar refractivity (Wildman–Crippen MR) is 62.3 cm³/mol. The Balaban J connectivity index is 2.30. The van der Waals surface area contributed by atoms with Crippen molar-refractivity contribution in [2.24, 2.45) is 7.05 Å². The third-order valence-corrected chi connectivity index (χ3v) is 2.69. The minimum atomic E-state index is -0.706. The number of hydrogen-bond donors (Lipinski definition) is 0. The topological polar surface area (TPSA) is 34.9 Å². The number of aryl methyl sites for hydroxylation is 2. The fourth-order valence-corrected chi connectivity index (χ4v) is 1.82. The van der Waals surface area contributed by atoms with Crippen LogP contribution in [0.3, 0.4) is 0 Å². The number of Topliss-reactive ketones (excluding diaryl/α,β-unsaturated/α-hetero) is 1. The smallest absolute Gasteiger partial charge is 0.185 e. The maximum Gasteiger partial charge on any atom is 0.185 e. The molecule has 5 heteroatoms. The van der Waals surface area contributed by atoms with E-state index < -0.39 is 11.6 Å². The highest BCUT2D eigenvalue weighted by molar-refractivity contribution is 5.96. The zero-order chi connectivity index (χ0) is 13.3. The van der Waals surface area contributed by atoms with Gasteiger partial charge in [0.25, 0.3) is 0 Å². The minimum Gasteiger partial charge on any atom is -0.292 e. The highest BCUT2D eigenvalue weighted by atomic mass is 19.1. The minimum absolute atomic E-state index is 0.207. The van der Waals surface area contributed by atoms with Crippen LogP contribution in [-0.2, 0) is 13.5 Å². The van der Waals surface area contributed by atoms with Gasteiger partial charge in [0.1, 0.15) is 17.3 Å². The maximum absolute atomic E-state index is 13.4. The molecule has 0 aliphatic rings. The molecule has 0 atom stereocenters. The summed E-state index contributed by atoms with van der Waals surface area (Å²) >= 11 is 0. The van der Waals surface area contributed by atoms with Crippen LogP contribution in [0.2, 0.25) is 0 Å². The van der Waals surface area contributed by atoms with E-state index in [-0.39, 0.29) is 17.8 Å². The number of nitrogens with zero attached hydrogens (tertiary/aromatic N) is 2. The molecule has 1 aromatic carbocycles. The molecule has 0 aliphatic heterocycles. The SMILES string of the molecule is Cc1cc(C(=O)Cc2c(F)cccc2F)n(C)n1. The number of halogens is 2. The Kier molecular flexibility index (Phi) is 3.23. The van der Waals surface area contributed by atoms with Gasteiger partial charge in [0.15, 0.2) is 5.78 Å². The Morgan fingerprint density at radius 1 is 1.33 bits per heavy atom. The molecular formula is C13H12F2N2O. The van der Waals surface area contributed by atoms with Crippen LogP contribution in [0.4, 0.5) is 8.78 Å². The van der Waals surface area contributed by atoms with Crippen molar-refractivity contribution in [2.45, 2.75) is 13.3 Å². The lowest BCUT2D eigenvalue weighted by Crippen LogP contribution is -2.11. The molecule has 0 saturated heterocycles. The standard InChI is InChI=1S/C13H12F2N2O/c1-8-6-12(17(2)16-8)13(18)7-9-10(14)4-3-5-11(9)15/h3-6H,7H2,1-2H3. The van der Waals surface area contributed by atoms with E-state index in [9.17, 15) is 13.6 Å². The van der Waals surface area contributed by atoms with E-state index in [1.165, 1.54) is 10.7 Å². The van der Waals surface area contributed by atoms with Gasteiger partial charge in [-0.15, -0.1) is 0 Å². The summed E-state index contributed by atoms with van der Waals surface area (Å²) in [5, 5.41) is 4.03. The Hall–Kier alpha value is -2.04. The van der Waals surface area contributed by atoms with Gasteiger partial charge in [0, 0.05) is 19.0 Å². The lowest BCUT2D eigenvalue weighted by molar-refractivity contribution is 0.0981. The highest BCUT2D eigenvalue weighted by Gasteiger charge is 2.17. The van der Waals surface area contributed by atoms with Gasteiger partial charge < -0.3 is 0 Å². The first-order valence-electron chi connectivity index (χ1n) is 5.45. The average molecular weight is 250 g/mol. The van der Waals surface area contributed by atoms with Crippen LogP contribution in [0, 0.1) is 18.6 Å². The monoisotopic (exact) mass is 250 g/mol. The summed E-state index contributed by atoms with van der Waals surface area (Å²) in [5.74, 6) is -1.77. The first-order chi connectivity index (χ1) is 8.49. The molecule has 2 aromatic rings. The van der Waals surface area contributed by atoms with Crippen LogP contribution in [0.1, 0.15) is 21.7 Å². The molecule has 2 rings (SSSR count). The van der Waals surface area contributed by atoms with Crippen molar-refractivity contribution >= 4 is 5.78 Å². The maximum atomic E-state index is 13.4. The first-order valence-corrected chi connectivity index (χ1v) is 5.45. The van der Waals surface area contributed by atoms with Crippen LogP contribution < -0.4 is 0 Å². The molecule has 3 nitrogen and oxygen atoms in total. The summed E-state index contributed by atoms with van der Waals surface area (Å²) in [4.78, 5) is 12.0. The molecule has 0 saturated carbocycles. The third kappa shape index (κ3) is 2.30. The molecule has 0 amide bonds. The molecule has 0 fully saturated rings. The van der Waals surface area contributed by atoms with Crippen molar-refractivity contribution < 1.29 is 13.6 Å². The summed E-state index contributed by atoms with van der Waals surface area (Å²) in [6.45, 7) is 1.75. The van der Waals surface area contributed by atoms with Crippen molar-refractivity contribution in [3.8, 4) is 0 Å². The van der Waals surface area contributed by atoms with Crippen LogP contribution in [0.5, 0.6) is 0 Å². The summed E-state index contributed by atoms with van der Waals surface area (Å²) in [5.41, 5.74) is 0.825. The van der Waals surface area contributed by atoms with Gasteiger partial charge in [0.05, 0.1) is 5.69 Å². The fourth-order valence-electron chi connectivity index (χ4n) is 1.82. The first kappa shape index (κ1) is 12.4. The zero-order valence-electron chi connectivity index (χ0n) is 10.1. The van der Waals surface area contributed by atoms with Crippen molar-refractivity contribution in [3.63, 3.8) is 0 Å². The van der Waals surface area contributed by atoms with Crippen LogP contribution in [0.15, 0.2) is 24.3 Å². The van der Waals surface area contributed by atoms with E-state index in [2.05, 4.69) is 5.10 Å². The lowest BCUT2D eigenvalue weighted by Gasteiger charge is -2.04. The van der Waals surface area contributed by atoms with Gasteiger partial charge >= 0.3 is 0 Å². The molecule has 18 heavy (non-hydrogen) atoms. The average Bonchev–Trinajstić information content (AvgIpc) is 2.63. The van der Waals surface area contributed by atoms with Gasteiger partial charge in [-0.3, -0.25) is 9.48 Å². The molecule has 1 aromatic heterocycles. The van der Waals surface area contributed by atoms with Gasteiger partial charge in [-0.2, -0.15) is 5.10 Å². The lowest BCUT2D eigenvalue weighted by atomic mass is 10.1. The number of ketones is 1. The second-order valence-electron chi connectivity index (χ2n) is 4.09. The normalized spacial score (nSPS) is 10.7. The van der Waals surface area contributed by atoms with Crippen LogP contribution in [-0.4, -0.2) is 15.6 Å². The number of carbonyl (C=O) groups is 1. The van der Waals surface area contributed by atoms with Gasteiger partial charge in [-0.25, -0.2) is 8.78 Å². The Labute approximate surface area is 103 Å². The predicted octanol–water partition coefficient (Wildman–Crippen LogP) is 2.43. The van der Waals surface area contributed by atoms with E-state index in [1.807, 2.05) is 0 Å². The second-order valence-corrected chi connectivity index (χ2v) is 4.09. The number of aromatic nitrogens is 2. The second kappa shape index (κ2) is 4.68. The molecule has 0 aliphatic carbocycles. The number of hydrogen-bond acceptors (Lipinski definition) is 2. The molecule has 1 heterocycles. The quantitative estimate of drug-likeness (QED) is 0.784. The van der Waals surface area contributed by atoms with Gasteiger partial charge in [-0.1, -0.05) is 6.07 Å². The number of rotatable bonds is 3. The van der Waals surface area contributed by atoms with E-state index in [0.717, 1.165) is 12.1 Å². The van der Waals surface area contributed by atoms with Crippen LogP contribution in [0.25, 0.3) is 0 Å². The van der Waals surface area contributed by atoms with E-state index in [0.29, 0.717) is 11.4 Å². The van der Waals surface area contributed by atoms with E-state index >= 15 is 0 Å². The largest absolute Gasteiger partial charge is 0.292 e. The molecule has 0 spiro atoms. The van der Waals surface area contributed by atoms with E-state index in [1.54, 1.807) is 20.0 Å². The Morgan fingerprint density at radius 2 is 1.94 bits per heavy atom. The summed E-state index contributed by atoms with van der Waals surface area (Å²) in [7, 11) is 1.62. The number of benzene rings is 1. The number of carbonyl (C=O) groups excluding carboxylic acids is 1. The van der Waals surface area contributed by atoms with Gasteiger partial charge in [-0.05, 0) is 25.1 Å². The highest BCUT2D eigenvalue weighted by Crippen LogP contribution is 2.15. The summed E-state index contributed by atoms with van der Waals surface area (Å²) in [6.07, 6.45) is -0.308. The summed E-state index contributed by atoms with van der Waals surface area (Å²) in [6, 6.07) is 5.15.